The van der Waals surface area contributed by atoms with E-state index in [9.17, 15) is 0 Å². The summed E-state index contributed by atoms with van der Waals surface area (Å²) in [6, 6.07) is 8.81. The maximum atomic E-state index is 5.71. The predicted octanol–water partition coefficient (Wildman–Crippen LogP) is 1.28. The van der Waals surface area contributed by atoms with E-state index in [0.29, 0.717) is 6.04 Å². The molecular weight excluding hydrogens is 212 g/mol. The number of nitrogens with zero attached hydrogens (tertiary/aromatic N) is 1. The van der Waals surface area contributed by atoms with Gasteiger partial charge in [-0.1, -0.05) is 12.1 Å². The average molecular weight is 227 g/mol. The number of fused-ring (bicyclic) bond motifs is 3. The fourth-order valence-electron chi connectivity index (χ4n) is 2.23. The number of nitrogens with one attached hydrogen (secondary N) is 1. The molecule has 1 fully saturated rings. The number of anilines is 1. The second-order valence-corrected chi connectivity index (χ2v) is 3.83. The van der Waals surface area contributed by atoms with E-state index in [4.69, 9.17) is 4.74 Å². The van der Waals surface area contributed by atoms with Crippen LogP contribution in [0.3, 0.4) is 0 Å². The molecule has 0 bridgehead atoms. The van der Waals surface area contributed by atoms with Gasteiger partial charge in [-0.05, 0) is 12.1 Å². The number of halogens is 1. The zero-order valence-corrected chi connectivity index (χ0v) is 9.30. The predicted molar refractivity (Wildman–Crippen MR) is 63.2 cm³/mol. The normalized spacial score (nSPS) is 23.2. The number of rotatable bonds is 0. The molecule has 0 aliphatic carbocycles. The first-order valence-electron chi connectivity index (χ1n) is 5.14. The molecule has 15 heavy (non-hydrogen) atoms. The number of benzene rings is 1. The van der Waals surface area contributed by atoms with Crippen molar-refractivity contribution in [2.45, 2.75) is 6.04 Å². The topological polar surface area (TPSA) is 24.5 Å². The quantitative estimate of drug-likeness (QED) is 0.722. The maximum Gasteiger partial charge on any atom is 0.142 e. The third-order valence-electron chi connectivity index (χ3n) is 2.96. The number of hydrogen-bond donors (Lipinski definition) is 1. The van der Waals surface area contributed by atoms with Crippen LogP contribution in [0.15, 0.2) is 24.3 Å². The Balaban J connectivity index is 0.000000853. The Kier molecular flexibility index (Phi) is 3.03. The Hall–Kier alpha value is -0.930. The molecule has 3 nitrogen and oxygen atoms in total. The monoisotopic (exact) mass is 226 g/mol. The van der Waals surface area contributed by atoms with Crippen LogP contribution in [0.1, 0.15) is 0 Å². The summed E-state index contributed by atoms with van der Waals surface area (Å²) in [5, 5.41) is 3.39. The second-order valence-electron chi connectivity index (χ2n) is 3.83. The highest BCUT2D eigenvalue weighted by atomic mass is 35.5. The summed E-state index contributed by atoms with van der Waals surface area (Å²) in [6.45, 7) is 4.01. The lowest BCUT2D eigenvalue weighted by atomic mass is 10.1. The molecule has 1 aromatic rings. The Morgan fingerprint density at radius 3 is 3.13 bits per heavy atom. The largest absolute Gasteiger partial charge is 0.489 e. The Morgan fingerprint density at radius 1 is 1.33 bits per heavy atom. The van der Waals surface area contributed by atoms with Crippen molar-refractivity contribution in [1.29, 1.82) is 0 Å². The van der Waals surface area contributed by atoms with Crippen LogP contribution in [0.2, 0.25) is 0 Å². The summed E-state index contributed by atoms with van der Waals surface area (Å²) < 4.78 is 5.71. The molecule has 82 valence electrons. The van der Waals surface area contributed by atoms with E-state index in [2.05, 4.69) is 22.3 Å². The van der Waals surface area contributed by atoms with Gasteiger partial charge in [0, 0.05) is 19.6 Å². The van der Waals surface area contributed by atoms with Crippen molar-refractivity contribution >= 4 is 18.1 Å². The van der Waals surface area contributed by atoms with Crippen LogP contribution in [-0.4, -0.2) is 32.3 Å². The molecule has 3 rings (SSSR count). The van der Waals surface area contributed by atoms with Gasteiger partial charge in [-0.3, -0.25) is 0 Å². The van der Waals surface area contributed by atoms with E-state index in [1.165, 1.54) is 5.69 Å². The summed E-state index contributed by atoms with van der Waals surface area (Å²) in [7, 11) is 0. The van der Waals surface area contributed by atoms with Gasteiger partial charge in [0.2, 0.25) is 0 Å². The molecule has 2 aliphatic heterocycles. The SMILES string of the molecule is Cl.c1ccc2c(c1)OCC1CNCCN21. The molecular formula is C11H15ClN2O. The van der Waals surface area contributed by atoms with Crippen molar-refractivity contribution < 1.29 is 4.74 Å². The van der Waals surface area contributed by atoms with E-state index in [1.54, 1.807) is 0 Å². The smallest absolute Gasteiger partial charge is 0.142 e. The molecule has 1 aromatic carbocycles. The minimum absolute atomic E-state index is 0. The van der Waals surface area contributed by atoms with E-state index in [0.717, 1.165) is 32.0 Å². The molecule has 1 N–H and O–H groups in total. The lowest BCUT2D eigenvalue weighted by molar-refractivity contribution is 0.247. The molecule has 1 unspecified atom stereocenters. The fraction of sp³-hybridized carbons (Fsp3) is 0.455. The van der Waals surface area contributed by atoms with Crippen molar-refractivity contribution in [2.75, 3.05) is 31.1 Å². The van der Waals surface area contributed by atoms with Gasteiger partial charge in [0.1, 0.15) is 12.4 Å². The zero-order chi connectivity index (χ0) is 9.38. The number of ether oxygens (including phenoxy) is 1. The molecule has 4 heteroatoms. The molecule has 0 aromatic heterocycles. The molecule has 0 saturated carbocycles. The van der Waals surface area contributed by atoms with Gasteiger partial charge in [0.25, 0.3) is 0 Å². The van der Waals surface area contributed by atoms with Gasteiger partial charge in [-0.25, -0.2) is 0 Å². The first-order valence-corrected chi connectivity index (χ1v) is 5.14. The van der Waals surface area contributed by atoms with E-state index in [1.807, 2.05) is 12.1 Å². The highest BCUT2D eigenvalue weighted by Gasteiger charge is 2.28. The van der Waals surface area contributed by atoms with Gasteiger partial charge in [-0.15, -0.1) is 12.4 Å². The first-order chi connectivity index (χ1) is 6.95. The molecule has 2 heterocycles. The molecule has 1 saturated heterocycles. The van der Waals surface area contributed by atoms with Crippen molar-refractivity contribution in [1.82, 2.24) is 5.32 Å². The maximum absolute atomic E-state index is 5.71. The summed E-state index contributed by atoms with van der Waals surface area (Å²) in [5.74, 6) is 1.03. The van der Waals surface area contributed by atoms with Gasteiger partial charge >= 0.3 is 0 Å². The zero-order valence-electron chi connectivity index (χ0n) is 8.48. The molecule has 1 atom stereocenters. The summed E-state index contributed by atoms with van der Waals surface area (Å²) >= 11 is 0. The van der Waals surface area contributed by atoms with Crippen LogP contribution in [0.5, 0.6) is 5.75 Å². The highest BCUT2D eigenvalue weighted by molar-refractivity contribution is 5.85. The fourth-order valence-corrected chi connectivity index (χ4v) is 2.23. The third-order valence-corrected chi connectivity index (χ3v) is 2.96. The van der Waals surface area contributed by atoms with E-state index >= 15 is 0 Å². The number of hydrogen-bond acceptors (Lipinski definition) is 3. The number of para-hydroxylation sites is 2. The summed E-state index contributed by atoms with van der Waals surface area (Å²) in [6.07, 6.45) is 0. The van der Waals surface area contributed by atoms with Crippen LogP contribution in [-0.2, 0) is 0 Å². The average Bonchev–Trinajstić information content (AvgIpc) is 2.29. The molecule has 0 amide bonds. The van der Waals surface area contributed by atoms with Crippen LogP contribution in [0.25, 0.3) is 0 Å². The Labute approximate surface area is 95.8 Å². The van der Waals surface area contributed by atoms with Crippen LogP contribution >= 0.6 is 12.4 Å². The van der Waals surface area contributed by atoms with Crippen molar-refractivity contribution in [3.8, 4) is 5.75 Å². The second kappa shape index (κ2) is 4.29. The lowest BCUT2D eigenvalue weighted by Gasteiger charge is -2.41. The minimum Gasteiger partial charge on any atom is -0.489 e. The van der Waals surface area contributed by atoms with Crippen molar-refractivity contribution in [3.05, 3.63) is 24.3 Å². The van der Waals surface area contributed by atoms with Gasteiger partial charge in [-0.2, -0.15) is 0 Å². The summed E-state index contributed by atoms with van der Waals surface area (Å²) in [4.78, 5) is 2.45. The van der Waals surface area contributed by atoms with Crippen LogP contribution < -0.4 is 15.0 Å². The van der Waals surface area contributed by atoms with Crippen molar-refractivity contribution in [2.24, 2.45) is 0 Å². The van der Waals surface area contributed by atoms with Gasteiger partial charge in [0.15, 0.2) is 0 Å². The van der Waals surface area contributed by atoms with Gasteiger partial charge < -0.3 is 15.0 Å². The Morgan fingerprint density at radius 2 is 2.20 bits per heavy atom. The minimum atomic E-state index is 0. The van der Waals surface area contributed by atoms with E-state index in [-0.39, 0.29) is 12.4 Å². The van der Waals surface area contributed by atoms with Crippen LogP contribution in [0, 0.1) is 0 Å². The number of piperazine rings is 1. The van der Waals surface area contributed by atoms with E-state index < -0.39 is 0 Å². The van der Waals surface area contributed by atoms with Crippen LogP contribution in [0.4, 0.5) is 5.69 Å². The molecule has 2 aliphatic rings. The highest BCUT2D eigenvalue weighted by Crippen LogP contribution is 2.33. The standard InChI is InChI=1S/C11H14N2O.ClH/c1-2-4-11-10(3-1)13-6-5-12-7-9(13)8-14-11;/h1-4,9,12H,5-8H2;1H. The third kappa shape index (κ3) is 1.77. The van der Waals surface area contributed by atoms with Gasteiger partial charge in [0.05, 0.1) is 11.7 Å². The van der Waals surface area contributed by atoms with Crippen molar-refractivity contribution in [3.63, 3.8) is 0 Å². The Bertz CT molecular complexity index is 345. The molecule has 0 spiro atoms. The summed E-state index contributed by atoms with van der Waals surface area (Å²) in [5.41, 5.74) is 1.25. The molecule has 0 radical (unpaired) electrons. The lowest BCUT2D eigenvalue weighted by Crippen LogP contribution is -2.55. The first kappa shape index (κ1) is 10.6.